The van der Waals surface area contributed by atoms with Crippen LogP contribution in [0.4, 0.5) is 37.2 Å². The molecule has 0 bridgehead atoms. The van der Waals surface area contributed by atoms with Crippen LogP contribution in [0.25, 0.3) is 15.8 Å². The number of allylic oxidation sites excluding steroid dienone is 2. The average Bonchev–Trinajstić information content (AvgIpc) is 3.22. The van der Waals surface area contributed by atoms with Crippen molar-refractivity contribution in [1.82, 2.24) is 4.98 Å². The van der Waals surface area contributed by atoms with Crippen LogP contribution in [0.1, 0.15) is 22.3 Å². The molecule has 1 amide bonds. The van der Waals surface area contributed by atoms with Gasteiger partial charge in [0.2, 0.25) is 5.91 Å². The molecule has 0 aliphatic carbocycles. The Labute approximate surface area is 210 Å². The number of halogens is 6. The van der Waals surface area contributed by atoms with Crippen LogP contribution in [-0.2, 0) is 17.1 Å². The Hall–Kier alpha value is -4.12. The molecule has 0 saturated heterocycles. The molecule has 0 aliphatic heterocycles. The van der Waals surface area contributed by atoms with E-state index in [1.165, 1.54) is 53.8 Å². The van der Waals surface area contributed by atoms with Crippen molar-refractivity contribution in [3.05, 3.63) is 107 Å². The molecule has 0 spiro atoms. The Morgan fingerprint density at radius 1 is 0.838 bits per heavy atom. The molecule has 4 rings (SSSR count). The molecular weight excluding hydrogens is 516 g/mol. The fraction of sp³-hybridized carbons (Fsp3) is 0.0769. The molecule has 190 valence electrons. The van der Waals surface area contributed by atoms with E-state index < -0.39 is 29.4 Å². The Morgan fingerprint density at radius 2 is 1.38 bits per heavy atom. The van der Waals surface area contributed by atoms with Crippen molar-refractivity contribution in [3.8, 4) is 0 Å². The second-order valence-corrected chi connectivity index (χ2v) is 8.85. The second kappa shape index (κ2) is 10.1. The Kier molecular flexibility index (Phi) is 7.08. The molecule has 11 heteroatoms. The van der Waals surface area contributed by atoms with Gasteiger partial charge >= 0.3 is 12.4 Å². The van der Waals surface area contributed by atoms with E-state index >= 15 is 0 Å². The number of nitrogens with two attached hydrogens (primary N) is 1. The van der Waals surface area contributed by atoms with Crippen molar-refractivity contribution in [2.75, 3.05) is 11.1 Å². The minimum atomic E-state index is -4.54. The molecule has 0 saturated carbocycles. The highest BCUT2D eigenvalue weighted by atomic mass is 32.1. The van der Waals surface area contributed by atoms with Gasteiger partial charge in [0, 0.05) is 6.08 Å². The summed E-state index contributed by atoms with van der Waals surface area (Å²) in [7, 11) is 0. The summed E-state index contributed by atoms with van der Waals surface area (Å²) >= 11 is 1.26. The number of hydrogen-bond acceptors (Lipinski definition) is 4. The molecule has 37 heavy (non-hydrogen) atoms. The monoisotopic (exact) mass is 533 g/mol. The number of carbonyl (C=O) groups excluding carboxylic acids is 1. The summed E-state index contributed by atoms with van der Waals surface area (Å²) in [6.45, 7) is 0. The number of nitrogen functional groups attached to an aromatic ring is 1. The van der Waals surface area contributed by atoms with Gasteiger partial charge < -0.3 is 11.1 Å². The Bertz CT molecular complexity index is 1420. The number of amides is 1. The second-order valence-electron chi connectivity index (χ2n) is 7.78. The van der Waals surface area contributed by atoms with Crippen molar-refractivity contribution in [2.24, 2.45) is 0 Å². The molecule has 1 heterocycles. The number of thiazole rings is 1. The van der Waals surface area contributed by atoms with E-state index in [9.17, 15) is 31.1 Å². The van der Waals surface area contributed by atoms with Gasteiger partial charge in [0.15, 0.2) is 5.13 Å². The third kappa shape index (κ3) is 6.18. The molecule has 4 nitrogen and oxygen atoms in total. The van der Waals surface area contributed by atoms with E-state index in [-0.39, 0.29) is 0 Å². The maximum atomic E-state index is 13.0. The van der Waals surface area contributed by atoms with Crippen LogP contribution >= 0.6 is 11.3 Å². The van der Waals surface area contributed by atoms with Crippen molar-refractivity contribution in [3.63, 3.8) is 0 Å². The molecule has 0 atom stereocenters. The largest absolute Gasteiger partial charge is 0.416 e. The first-order valence-electron chi connectivity index (χ1n) is 10.6. The Morgan fingerprint density at radius 3 is 1.89 bits per heavy atom. The average molecular weight is 533 g/mol. The van der Waals surface area contributed by atoms with Crippen molar-refractivity contribution in [1.29, 1.82) is 0 Å². The van der Waals surface area contributed by atoms with E-state index in [0.29, 0.717) is 33.0 Å². The number of aromatic nitrogens is 1. The molecular formula is C26H17F6N3OS. The molecule has 4 aromatic rings. The number of carbonyl (C=O) groups is 1. The molecule has 0 radical (unpaired) electrons. The summed E-state index contributed by atoms with van der Waals surface area (Å²) in [6, 6.07) is 13.6. The quantitative estimate of drug-likeness (QED) is 0.158. The summed E-state index contributed by atoms with van der Waals surface area (Å²) in [5.74, 6) is -0.519. The number of nitrogens with zero attached hydrogens (tertiary/aromatic N) is 1. The van der Waals surface area contributed by atoms with Gasteiger partial charge in [0.05, 0.1) is 21.5 Å². The fourth-order valence-electron chi connectivity index (χ4n) is 3.51. The lowest BCUT2D eigenvalue weighted by Crippen LogP contribution is -2.08. The van der Waals surface area contributed by atoms with Crippen LogP contribution in [-0.4, -0.2) is 10.9 Å². The first kappa shape index (κ1) is 26.0. The predicted molar refractivity (Wildman–Crippen MR) is 132 cm³/mol. The van der Waals surface area contributed by atoms with Gasteiger partial charge in [-0.2, -0.15) is 26.3 Å². The van der Waals surface area contributed by atoms with Crippen molar-refractivity contribution >= 4 is 43.9 Å². The number of hydrogen-bond donors (Lipinski definition) is 2. The molecule has 3 N–H and O–H groups in total. The standard InChI is InChI=1S/C26H17F6N3OS/c27-25(28,29)17-11-7-15(8-12-17)19(16-9-13-18(14-10-16)26(30,31)32)3-1-6-22(36)34-20-4-2-5-21-23(20)35-24(33)37-21/h1-14H,(H2,33,35)(H,34,36). The van der Waals surface area contributed by atoms with Gasteiger partial charge in [0.1, 0.15) is 5.52 Å². The molecule has 0 unspecified atom stereocenters. The number of rotatable bonds is 5. The SMILES string of the molecule is Nc1nc2c(NC(=O)C=CC=C(c3ccc(C(F)(F)F)cc3)c3ccc(C(F)(F)F)cc3)cccc2s1. The maximum Gasteiger partial charge on any atom is 0.416 e. The highest BCUT2D eigenvalue weighted by Crippen LogP contribution is 2.34. The van der Waals surface area contributed by atoms with Gasteiger partial charge in [0.25, 0.3) is 0 Å². The van der Waals surface area contributed by atoms with Crippen LogP contribution < -0.4 is 11.1 Å². The van der Waals surface area contributed by atoms with E-state index in [4.69, 9.17) is 5.73 Å². The minimum Gasteiger partial charge on any atom is -0.375 e. The number of nitrogens with one attached hydrogen (secondary N) is 1. The first-order chi connectivity index (χ1) is 17.4. The number of fused-ring (bicyclic) bond motifs is 1. The van der Waals surface area contributed by atoms with Crippen LogP contribution in [0.2, 0.25) is 0 Å². The van der Waals surface area contributed by atoms with Gasteiger partial charge in [-0.3, -0.25) is 4.79 Å². The van der Waals surface area contributed by atoms with E-state index in [1.807, 2.05) is 0 Å². The number of anilines is 2. The minimum absolute atomic E-state index is 0.320. The number of benzene rings is 3. The zero-order valence-corrected chi connectivity index (χ0v) is 19.5. The molecule has 1 aromatic heterocycles. The third-order valence-corrected chi connectivity index (χ3v) is 6.10. The van der Waals surface area contributed by atoms with Crippen LogP contribution in [0.5, 0.6) is 0 Å². The van der Waals surface area contributed by atoms with Crippen LogP contribution in [0.15, 0.2) is 85.0 Å². The molecule has 3 aromatic carbocycles. The summed E-state index contributed by atoms with van der Waals surface area (Å²) in [5, 5.41) is 3.02. The van der Waals surface area contributed by atoms with Crippen LogP contribution in [0, 0.1) is 0 Å². The molecule has 0 fully saturated rings. The summed E-state index contributed by atoms with van der Waals surface area (Å²) in [6.07, 6.45) is -5.11. The van der Waals surface area contributed by atoms with Crippen molar-refractivity contribution in [2.45, 2.75) is 12.4 Å². The lowest BCUT2D eigenvalue weighted by Gasteiger charge is -2.12. The van der Waals surface area contributed by atoms with Crippen LogP contribution in [0.3, 0.4) is 0 Å². The molecule has 0 aliphatic rings. The van der Waals surface area contributed by atoms with E-state index in [1.54, 1.807) is 18.2 Å². The maximum absolute atomic E-state index is 13.0. The number of alkyl halides is 6. The van der Waals surface area contributed by atoms with E-state index in [0.717, 1.165) is 29.0 Å². The fourth-order valence-corrected chi connectivity index (χ4v) is 4.27. The van der Waals surface area contributed by atoms with Gasteiger partial charge in [-0.1, -0.05) is 53.8 Å². The van der Waals surface area contributed by atoms with Gasteiger partial charge in [-0.15, -0.1) is 0 Å². The van der Waals surface area contributed by atoms with Gasteiger partial charge in [-0.25, -0.2) is 4.98 Å². The smallest absolute Gasteiger partial charge is 0.375 e. The normalized spacial score (nSPS) is 12.2. The lowest BCUT2D eigenvalue weighted by atomic mass is 9.95. The highest BCUT2D eigenvalue weighted by molar-refractivity contribution is 7.22. The van der Waals surface area contributed by atoms with Gasteiger partial charge in [-0.05, 0) is 53.1 Å². The zero-order valence-electron chi connectivity index (χ0n) is 18.7. The highest BCUT2D eigenvalue weighted by Gasteiger charge is 2.31. The zero-order chi connectivity index (χ0) is 26.8. The Balaban J connectivity index is 1.63. The van der Waals surface area contributed by atoms with Crippen molar-refractivity contribution < 1.29 is 31.1 Å². The summed E-state index contributed by atoms with van der Waals surface area (Å²) in [4.78, 5) is 16.7. The summed E-state index contributed by atoms with van der Waals surface area (Å²) in [5.41, 5.74) is 5.92. The predicted octanol–water partition coefficient (Wildman–Crippen LogP) is 7.54. The topological polar surface area (TPSA) is 68.0 Å². The lowest BCUT2D eigenvalue weighted by molar-refractivity contribution is -0.138. The van der Waals surface area contributed by atoms with E-state index in [2.05, 4.69) is 10.3 Å². The summed E-state index contributed by atoms with van der Waals surface area (Å²) < 4.78 is 78.7. The number of para-hydroxylation sites is 1. The first-order valence-corrected chi connectivity index (χ1v) is 11.4. The third-order valence-electron chi connectivity index (χ3n) is 5.25.